The van der Waals surface area contributed by atoms with Crippen molar-refractivity contribution >= 4 is 5.91 Å². The van der Waals surface area contributed by atoms with Crippen molar-refractivity contribution < 1.29 is 4.79 Å². The van der Waals surface area contributed by atoms with Gasteiger partial charge in [0.2, 0.25) is 5.91 Å². The third-order valence-corrected chi connectivity index (χ3v) is 4.54. The van der Waals surface area contributed by atoms with Crippen LogP contribution in [-0.4, -0.2) is 29.6 Å². The van der Waals surface area contributed by atoms with Crippen LogP contribution in [-0.2, 0) is 4.79 Å². The molecule has 0 aromatic rings. The van der Waals surface area contributed by atoms with Crippen LogP contribution in [0, 0.1) is 11.8 Å². The van der Waals surface area contributed by atoms with Crippen molar-refractivity contribution in [3.8, 4) is 0 Å². The van der Waals surface area contributed by atoms with Crippen LogP contribution >= 0.6 is 0 Å². The number of rotatable bonds is 4. The first kappa shape index (κ1) is 12.9. The number of nitrogens with zero attached hydrogens (tertiary/aromatic N) is 1. The fourth-order valence-electron chi connectivity index (χ4n) is 3.33. The maximum absolute atomic E-state index is 12.3. The summed E-state index contributed by atoms with van der Waals surface area (Å²) in [4.78, 5) is 14.3. The van der Waals surface area contributed by atoms with E-state index in [4.69, 9.17) is 0 Å². The summed E-state index contributed by atoms with van der Waals surface area (Å²) in [5.74, 6) is 1.85. The highest BCUT2D eigenvalue weighted by atomic mass is 16.2. The summed E-state index contributed by atoms with van der Waals surface area (Å²) in [6, 6.07) is 0.0757. The maximum atomic E-state index is 12.3. The minimum atomic E-state index is 0.0757. The van der Waals surface area contributed by atoms with Crippen LogP contribution in [0.5, 0.6) is 0 Å². The smallest absolute Gasteiger partial charge is 0.241 e. The minimum absolute atomic E-state index is 0.0757. The van der Waals surface area contributed by atoms with Crippen LogP contribution in [0.25, 0.3) is 0 Å². The number of amides is 1. The molecule has 0 aromatic carbocycles. The van der Waals surface area contributed by atoms with E-state index in [0.717, 1.165) is 31.2 Å². The van der Waals surface area contributed by atoms with Crippen molar-refractivity contribution in [3.05, 3.63) is 0 Å². The predicted molar refractivity (Wildman–Crippen MR) is 69.5 cm³/mol. The van der Waals surface area contributed by atoms with Gasteiger partial charge >= 0.3 is 0 Å². The van der Waals surface area contributed by atoms with Gasteiger partial charge in [0, 0.05) is 6.54 Å². The second-order valence-electron chi connectivity index (χ2n) is 5.84. The third kappa shape index (κ3) is 2.65. The monoisotopic (exact) mass is 238 g/mol. The van der Waals surface area contributed by atoms with Crippen LogP contribution in [0.15, 0.2) is 0 Å². The number of hydrogen-bond donors (Lipinski definition) is 1. The highest BCUT2D eigenvalue weighted by Crippen LogP contribution is 2.32. The van der Waals surface area contributed by atoms with Crippen molar-refractivity contribution in [2.75, 3.05) is 6.54 Å². The summed E-state index contributed by atoms with van der Waals surface area (Å²) in [6.45, 7) is 7.56. The van der Waals surface area contributed by atoms with Crippen molar-refractivity contribution in [1.82, 2.24) is 10.2 Å². The van der Waals surface area contributed by atoms with Crippen molar-refractivity contribution in [1.29, 1.82) is 0 Å². The van der Waals surface area contributed by atoms with E-state index in [9.17, 15) is 4.79 Å². The molecular weight excluding hydrogens is 212 g/mol. The third-order valence-electron chi connectivity index (χ3n) is 4.54. The zero-order valence-corrected chi connectivity index (χ0v) is 11.4. The van der Waals surface area contributed by atoms with E-state index in [0.29, 0.717) is 5.91 Å². The molecule has 4 atom stereocenters. The number of hydrogen-bond acceptors (Lipinski definition) is 2. The fraction of sp³-hybridized carbons (Fsp3) is 0.929. The summed E-state index contributed by atoms with van der Waals surface area (Å²) < 4.78 is 0. The van der Waals surface area contributed by atoms with Gasteiger partial charge in [0.1, 0.15) is 0 Å². The van der Waals surface area contributed by atoms with Crippen LogP contribution < -0.4 is 5.32 Å². The van der Waals surface area contributed by atoms with Gasteiger partial charge in [-0.25, -0.2) is 0 Å². The second-order valence-corrected chi connectivity index (χ2v) is 5.84. The Morgan fingerprint density at radius 3 is 2.71 bits per heavy atom. The van der Waals surface area contributed by atoms with Gasteiger partial charge in [-0.15, -0.1) is 0 Å². The van der Waals surface area contributed by atoms with E-state index in [-0.39, 0.29) is 12.2 Å². The van der Waals surface area contributed by atoms with Gasteiger partial charge in [-0.2, -0.15) is 0 Å². The molecule has 1 saturated heterocycles. The molecule has 4 unspecified atom stereocenters. The lowest BCUT2D eigenvalue weighted by Crippen LogP contribution is -2.39. The van der Waals surface area contributed by atoms with Gasteiger partial charge in [0.15, 0.2) is 0 Å². The lowest BCUT2D eigenvalue weighted by molar-refractivity contribution is -0.130. The molecule has 0 spiro atoms. The van der Waals surface area contributed by atoms with Crippen LogP contribution in [0.1, 0.15) is 52.9 Å². The van der Waals surface area contributed by atoms with Gasteiger partial charge in [0.05, 0.1) is 12.2 Å². The fourth-order valence-corrected chi connectivity index (χ4v) is 3.33. The minimum Gasteiger partial charge on any atom is -0.326 e. The Labute approximate surface area is 105 Å². The quantitative estimate of drug-likeness (QED) is 0.815. The maximum Gasteiger partial charge on any atom is 0.241 e. The van der Waals surface area contributed by atoms with E-state index >= 15 is 0 Å². The van der Waals surface area contributed by atoms with E-state index in [1.165, 1.54) is 19.3 Å². The molecule has 17 heavy (non-hydrogen) atoms. The Kier molecular flexibility index (Phi) is 4.08. The van der Waals surface area contributed by atoms with Crippen LogP contribution in [0.2, 0.25) is 0 Å². The van der Waals surface area contributed by atoms with Crippen molar-refractivity contribution in [2.24, 2.45) is 11.8 Å². The Balaban J connectivity index is 1.94. The molecule has 1 aliphatic carbocycles. The molecule has 2 rings (SSSR count). The van der Waals surface area contributed by atoms with Crippen LogP contribution in [0.4, 0.5) is 0 Å². The van der Waals surface area contributed by atoms with Crippen molar-refractivity contribution in [2.45, 2.75) is 65.1 Å². The van der Waals surface area contributed by atoms with Crippen LogP contribution in [0.3, 0.4) is 0 Å². The Hall–Kier alpha value is -0.570. The molecule has 1 amide bonds. The zero-order valence-electron chi connectivity index (χ0n) is 11.4. The molecule has 1 saturated carbocycles. The highest BCUT2D eigenvalue weighted by molar-refractivity contribution is 5.84. The Morgan fingerprint density at radius 2 is 2.12 bits per heavy atom. The lowest BCUT2D eigenvalue weighted by atomic mass is 9.97. The summed E-state index contributed by atoms with van der Waals surface area (Å²) in [6.07, 6.45) is 6.26. The predicted octanol–water partition coefficient (Wildman–Crippen LogP) is 2.37. The molecule has 3 heteroatoms. The first-order valence-electron chi connectivity index (χ1n) is 7.20. The SMILES string of the molecule is CCCC1NC(C)N(CC2CCCC2C)C1=O. The molecule has 2 fully saturated rings. The standard InChI is InChI=1S/C14H26N2O/c1-4-6-13-14(17)16(11(3)15-13)9-12-8-5-7-10(12)2/h10-13,15H,4-9H2,1-3H3. The Morgan fingerprint density at radius 1 is 1.35 bits per heavy atom. The van der Waals surface area contributed by atoms with Gasteiger partial charge in [0.25, 0.3) is 0 Å². The van der Waals surface area contributed by atoms with E-state index in [2.05, 4.69) is 31.0 Å². The average molecular weight is 238 g/mol. The molecule has 3 nitrogen and oxygen atoms in total. The molecule has 0 radical (unpaired) electrons. The Bertz CT molecular complexity index is 279. The number of nitrogens with one attached hydrogen (secondary N) is 1. The molecule has 1 N–H and O–H groups in total. The molecule has 0 bridgehead atoms. The van der Waals surface area contributed by atoms with Gasteiger partial charge in [-0.05, 0) is 31.6 Å². The summed E-state index contributed by atoms with van der Waals surface area (Å²) >= 11 is 0. The van der Waals surface area contributed by atoms with E-state index < -0.39 is 0 Å². The van der Waals surface area contributed by atoms with Crippen molar-refractivity contribution in [3.63, 3.8) is 0 Å². The first-order valence-corrected chi connectivity index (χ1v) is 7.20. The van der Waals surface area contributed by atoms with Gasteiger partial charge in [-0.1, -0.05) is 33.1 Å². The second kappa shape index (κ2) is 5.38. The molecule has 1 heterocycles. The molecule has 98 valence electrons. The average Bonchev–Trinajstić information content (AvgIpc) is 2.79. The van der Waals surface area contributed by atoms with E-state index in [1.54, 1.807) is 0 Å². The van der Waals surface area contributed by atoms with Gasteiger partial charge in [-0.3, -0.25) is 10.1 Å². The molecular formula is C14H26N2O. The van der Waals surface area contributed by atoms with Gasteiger partial charge < -0.3 is 4.90 Å². The topological polar surface area (TPSA) is 32.3 Å². The first-order chi connectivity index (χ1) is 8.13. The lowest BCUT2D eigenvalue weighted by Gasteiger charge is -2.26. The molecule has 1 aliphatic heterocycles. The number of carbonyl (C=O) groups is 1. The summed E-state index contributed by atoms with van der Waals surface area (Å²) in [7, 11) is 0. The molecule has 0 aromatic heterocycles. The highest BCUT2D eigenvalue weighted by Gasteiger charge is 2.38. The normalized spacial score (nSPS) is 38.1. The largest absolute Gasteiger partial charge is 0.326 e. The van der Waals surface area contributed by atoms with E-state index in [1.807, 2.05) is 0 Å². The summed E-state index contributed by atoms with van der Waals surface area (Å²) in [5.41, 5.74) is 0. The molecule has 2 aliphatic rings. The summed E-state index contributed by atoms with van der Waals surface area (Å²) in [5, 5.41) is 3.42. The number of carbonyl (C=O) groups excluding carboxylic acids is 1. The zero-order chi connectivity index (χ0) is 12.4.